The summed E-state index contributed by atoms with van der Waals surface area (Å²) in [6.45, 7) is -0.316. The van der Waals surface area contributed by atoms with E-state index in [2.05, 4.69) is 0 Å². The minimum atomic E-state index is -2.39. The van der Waals surface area contributed by atoms with E-state index in [1.165, 1.54) is 12.1 Å². The molecule has 2 aromatic rings. The monoisotopic (exact) mass is 392 g/mol. The maximum atomic E-state index is 13.8. The second kappa shape index (κ2) is 7.23. The molecule has 0 saturated carbocycles. The molecule has 2 aromatic carbocycles. The van der Waals surface area contributed by atoms with Crippen molar-refractivity contribution in [2.24, 2.45) is 0 Å². The molecular formula is C19H9F5N2O2. The number of nitrogens with zero attached hydrogens (tertiary/aromatic N) is 2. The van der Waals surface area contributed by atoms with Crippen LogP contribution in [0.5, 0.6) is 0 Å². The molecule has 0 bridgehead atoms. The van der Waals surface area contributed by atoms with Gasteiger partial charge < -0.3 is 0 Å². The molecule has 9 heteroatoms. The Morgan fingerprint density at radius 3 is 1.96 bits per heavy atom. The first-order valence-electron chi connectivity index (χ1n) is 7.84. The molecule has 1 aliphatic heterocycles. The summed E-state index contributed by atoms with van der Waals surface area (Å²) in [6.07, 6.45) is 1.13. The standard InChI is InChI=1S/C19H9F5N2O2/c20-14-13(15(21)17(23)18(24)16(14)22)19(28)26-6-5-11(7-12(26)27)10-3-1-9(8-25)2-4-10/h1-4,7H,5-6H2. The van der Waals surface area contributed by atoms with Crippen molar-refractivity contribution in [1.29, 1.82) is 5.26 Å². The predicted molar refractivity (Wildman–Crippen MR) is 86.0 cm³/mol. The van der Waals surface area contributed by atoms with Crippen LogP contribution in [0.1, 0.15) is 27.9 Å². The van der Waals surface area contributed by atoms with Gasteiger partial charge in [-0.25, -0.2) is 22.0 Å². The molecular weight excluding hydrogens is 383 g/mol. The molecule has 0 aromatic heterocycles. The first-order valence-corrected chi connectivity index (χ1v) is 7.84. The third-order valence-electron chi connectivity index (χ3n) is 4.22. The van der Waals surface area contributed by atoms with Gasteiger partial charge in [0.05, 0.1) is 11.6 Å². The van der Waals surface area contributed by atoms with Gasteiger partial charge in [-0.1, -0.05) is 12.1 Å². The molecule has 0 aliphatic carbocycles. The van der Waals surface area contributed by atoms with Crippen LogP contribution in [0.4, 0.5) is 22.0 Å². The molecule has 0 saturated heterocycles. The average Bonchev–Trinajstić information content (AvgIpc) is 2.70. The number of benzene rings is 2. The summed E-state index contributed by atoms with van der Waals surface area (Å²) in [4.78, 5) is 25.0. The Hall–Kier alpha value is -3.54. The van der Waals surface area contributed by atoms with Gasteiger partial charge in [0, 0.05) is 12.6 Å². The predicted octanol–water partition coefficient (Wildman–Crippen LogP) is 3.71. The zero-order valence-electron chi connectivity index (χ0n) is 13.9. The Morgan fingerprint density at radius 2 is 1.46 bits per heavy atom. The number of halogens is 5. The average molecular weight is 392 g/mol. The van der Waals surface area contributed by atoms with Crippen molar-refractivity contribution in [2.45, 2.75) is 6.42 Å². The fraction of sp³-hybridized carbons (Fsp3) is 0.105. The van der Waals surface area contributed by atoms with Gasteiger partial charge in [0.1, 0.15) is 5.56 Å². The molecule has 0 N–H and O–H groups in total. The van der Waals surface area contributed by atoms with E-state index in [0.29, 0.717) is 21.6 Å². The van der Waals surface area contributed by atoms with Crippen molar-refractivity contribution < 1.29 is 31.5 Å². The summed E-state index contributed by atoms with van der Waals surface area (Å²) in [5.41, 5.74) is -0.193. The lowest BCUT2D eigenvalue weighted by atomic mass is 9.97. The molecule has 28 heavy (non-hydrogen) atoms. The summed E-state index contributed by atoms with van der Waals surface area (Å²) < 4.78 is 67.4. The molecule has 0 atom stereocenters. The number of amides is 2. The summed E-state index contributed by atoms with van der Waals surface area (Å²) in [5, 5.41) is 8.78. The molecule has 1 aliphatic rings. The van der Waals surface area contributed by atoms with Crippen LogP contribution in [0.15, 0.2) is 30.3 Å². The minimum absolute atomic E-state index is 0.0960. The zero-order chi connectivity index (χ0) is 20.6. The zero-order valence-corrected chi connectivity index (χ0v) is 13.9. The van der Waals surface area contributed by atoms with Crippen LogP contribution in [0.2, 0.25) is 0 Å². The topological polar surface area (TPSA) is 61.2 Å². The third-order valence-corrected chi connectivity index (χ3v) is 4.22. The summed E-state index contributed by atoms with van der Waals surface area (Å²) in [7, 11) is 0. The minimum Gasteiger partial charge on any atom is -0.274 e. The van der Waals surface area contributed by atoms with E-state index in [4.69, 9.17) is 5.26 Å². The Morgan fingerprint density at radius 1 is 0.929 bits per heavy atom. The van der Waals surface area contributed by atoms with E-state index in [1.54, 1.807) is 12.1 Å². The normalized spacial score (nSPS) is 13.9. The molecule has 1 heterocycles. The highest BCUT2D eigenvalue weighted by Gasteiger charge is 2.35. The van der Waals surface area contributed by atoms with Crippen LogP contribution >= 0.6 is 0 Å². The van der Waals surface area contributed by atoms with Gasteiger partial charge in [-0.2, -0.15) is 5.26 Å². The summed E-state index contributed by atoms with van der Waals surface area (Å²) >= 11 is 0. The molecule has 0 fully saturated rings. The van der Waals surface area contributed by atoms with Gasteiger partial charge in [-0.05, 0) is 29.7 Å². The van der Waals surface area contributed by atoms with Gasteiger partial charge in [0.2, 0.25) is 5.82 Å². The van der Waals surface area contributed by atoms with Gasteiger partial charge >= 0.3 is 0 Å². The molecule has 4 nitrogen and oxygen atoms in total. The molecule has 2 amide bonds. The summed E-state index contributed by atoms with van der Waals surface area (Å²) in [6, 6.07) is 8.14. The fourth-order valence-electron chi connectivity index (χ4n) is 2.76. The third kappa shape index (κ3) is 3.13. The van der Waals surface area contributed by atoms with Crippen molar-refractivity contribution in [3.63, 3.8) is 0 Å². The number of carbonyl (C=O) groups excluding carboxylic acids is 2. The largest absolute Gasteiger partial charge is 0.274 e. The number of imide groups is 1. The number of rotatable bonds is 2. The van der Waals surface area contributed by atoms with Gasteiger partial charge in [0.15, 0.2) is 23.3 Å². The molecule has 0 radical (unpaired) electrons. The Kier molecular flexibility index (Phi) is 4.96. The van der Waals surface area contributed by atoms with Gasteiger partial charge in [0.25, 0.3) is 11.8 Å². The highest BCUT2D eigenvalue weighted by Crippen LogP contribution is 2.28. The van der Waals surface area contributed by atoms with E-state index in [9.17, 15) is 31.5 Å². The van der Waals surface area contributed by atoms with E-state index in [-0.39, 0.29) is 13.0 Å². The molecule has 142 valence electrons. The van der Waals surface area contributed by atoms with E-state index in [1.807, 2.05) is 6.07 Å². The van der Waals surface area contributed by atoms with Crippen LogP contribution in [-0.2, 0) is 4.79 Å². The second-order valence-corrected chi connectivity index (χ2v) is 5.85. The highest BCUT2D eigenvalue weighted by atomic mass is 19.2. The number of carbonyl (C=O) groups is 2. The molecule has 0 unspecified atom stereocenters. The van der Waals surface area contributed by atoms with E-state index < -0.39 is 46.5 Å². The lowest BCUT2D eigenvalue weighted by Gasteiger charge is -2.25. The van der Waals surface area contributed by atoms with Gasteiger partial charge in [-0.3, -0.25) is 14.5 Å². The van der Waals surface area contributed by atoms with Crippen molar-refractivity contribution in [1.82, 2.24) is 4.90 Å². The Labute approximate surface area is 155 Å². The number of nitriles is 1. The van der Waals surface area contributed by atoms with Crippen LogP contribution < -0.4 is 0 Å². The second-order valence-electron chi connectivity index (χ2n) is 5.85. The van der Waals surface area contributed by atoms with E-state index >= 15 is 0 Å². The van der Waals surface area contributed by atoms with Crippen molar-refractivity contribution in [2.75, 3.05) is 6.54 Å². The first-order chi connectivity index (χ1) is 13.3. The van der Waals surface area contributed by atoms with Crippen LogP contribution in [0, 0.1) is 40.4 Å². The van der Waals surface area contributed by atoms with Crippen LogP contribution in [0.3, 0.4) is 0 Å². The smallest absolute Gasteiger partial charge is 0.266 e. The van der Waals surface area contributed by atoms with Crippen LogP contribution in [-0.4, -0.2) is 23.3 Å². The Bertz CT molecular complexity index is 1040. The summed E-state index contributed by atoms with van der Waals surface area (Å²) in [5.74, 6) is -14.1. The quantitative estimate of drug-likeness (QED) is 0.339. The molecule has 0 spiro atoms. The lowest BCUT2D eigenvalue weighted by molar-refractivity contribution is -0.123. The highest BCUT2D eigenvalue weighted by molar-refractivity contribution is 6.11. The number of hydrogen-bond donors (Lipinski definition) is 0. The SMILES string of the molecule is N#Cc1ccc(C2=CC(=O)N(C(=O)c3c(F)c(F)c(F)c(F)c3F)CC2)cc1. The fourth-order valence-corrected chi connectivity index (χ4v) is 2.76. The van der Waals surface area contributed by atoms with Crippen molar-refractivity contribution in [3.05, 3.63) is 76.1 Å². The van der Waals surface area contributed by atoms with E-state index in [0.717, 1.165) is 6.08 Å². The number of hydrogen-bond acceptors (Lipinski definition) is 3. The van der Waals surface area contributed by atoms with Gasteiger partial charge in [-0.15, -0.1) is 0 Å². The Balaban J connectivity index is 1.93. The maximum absolute atomic E-state index is 13.8. The molecule has 3 rings (SSSR count). The van der Waals surface area contributed by atoms with Crippen molar-refractivity contribution in [3.8, 4) is 6.07 Å². The maximum Gasteiger partial charge on any atom is 0.266 e. The first kappa shape index (κ1) is 19.2. The van der Waals surface area contributed by atoms with Crippen LogP contribution in [0.25, 0.3) is 5.57 Å². The lowest BCUT2D eigenvalue weighted by Crippen LogP contribution is -2.40. The van der Waals surface area contributed by atoms with Crippen molar-refractivity contribution >= 4 is 17.4 Å².